The van der Waals surface area contributed by atoms with E-state index in [0.717, 1.165) is 13.1 Å². The first kappa shape index (κ1) is 15.9. The highest BCUT2D eigenvalue weighted by Gasteiger charge is 2.23. The molecule has 0 bridgehead atoms. The van der Waals surface area contributed by atoms with Crippen LogP contribution in [0.15, 0.2) is 22.9 Å². The van der Waals surface area contributed by atoms with E-state index in [0.29, 0.717) is 36.2 Å². The van der Waals surface area contributed by atoms with Gasteiger partial charge in [0.2, 0.25) is 0 Å². The summed E-state index contributed by atoms with van der Waals surface area (Å²) < 4.78 is 5.20. The van der Waals surface area contributed by atoms with Crippen LogP contribution in [-0.4, -0.2) is 66.5 Å². The molecule has 0 atom stereocenters. The second-order valence-electron chi connectivity index (χ2n) is 4.80. The number of carbonyl (C=O) groups is 2. The van der Waals surface area contributed by atoms with E-state index in [1.807, 2.05) is 4.90 Å². The minimum absolute atomic E-state index is 0.0115. The number of hydrogen-bond acceptors (Lipinski definition) is 5. The number of amides is 1. The lowest BCUT2D eigenvalue weighted by atomic mass is 10.2. The first-order chi connectivity index (χ1) is 10.1. The average Bonchev–Trinajstić information content (AvgIpc) is 2.53. The quantitative estimate of drug-likeness (QED) is 0.599. The third kappa shape index (κ3) is 4.25. The van der Waals surface area contributed by atoms with Gasteiger partial charge in [0.1, 0.15) is 4.60 Å². The van der Waals surface area contributed by atoms with Crippen LogP contribution in [0.1, 0.15) is 16.8 Å². The highest BCUT2D eigenvalue weighted by Crippen LogP contribution is 2.16. The number of ether oxygens (including phenoxy) is 1. The maximum absolute atomic E-state index is 12.4. The lowest BCUT2D eigenvalue weighted by molar-refractivity contribution is -0.141. The van der Waals surface area contributed by atoms with Crippen LogP contribution in [0.25, 0.3) is 0 Å². The van der Waals surface area contributed by atoms with Gasteiger partial charge in [-0.15, -0.1) is 0 Å². The third-order valence-electron chi connectivity index (χ3n) is 3.51. The summed E-state index contributed by atoms with van der Waals surface area (Å²) >= 11 is 3.30. The molecule has 0 radical (unpaired) electrons. The van der Waals surface area contributed by atoms with Gasteiger partial charge in [-0.3, -0.25) is 14.5 Å². The Morgan fingerprint density at radius 3 is 2.67 bits per heavy atom. The van der Waals surface area contributed by atoms with Crippen molar-refractivity contribution in [1.29, 1.82) is 0 Å². The molecular weight excluding hydrogens is 338 g/mol. The van der Waals surface area contributed by atoms with E-state index in [-0.39, 0.29) is 11.9 Å². The van der Waals surface area contributed by atoms with Gasteiger partial charge >= 0.3 is 5.97 Å². The molecule has 0 N–H and O–H groups in total. The molecule has 7 heteroatoms. The summed E-state index contributed by atoms with van der Waals surface area (Å²) in [5.74, 6) is -0.213. The monoisotopic (exact) mass is 355 g/mol. The Hall–Kier alpha value is -1.47. The Morgan fingerprint density at radius 1 is 1.33 bits per heavy atom. The number of aromatic nitrogens is 1. The van der Waals surface area contributed by atoms with Crippen molar-refractivity contribution in [3.8, 4) is 0 Å². The topological polar surface area (TPSA) is 62.7 Å². The fourth-order valence-corrected chi connectivity index (χ4v) is 2.66. The fourth-order valence-electron chi connectivity index (χ4n) is 2.24. The van der Waals surface area contributed by atoms with Gasteiger partial charge in [0, 0.05) is 38.9 Å². The Balaban J connectivity index is 1.85. The molecule has 2 rings (SSSR count). The molecule has 1 aliphatic rings. The Morgan fingerprint density at radius 2 is 2.05 bits per heavy atom. The van der Waals surface area contributed by atoms with E-state index in [9.17, 15) is 9.59 Å². The molecule has 0 unspecified atom stereocenters. The van der Waals surface area contributed by atoms with E-state index in [1.165, 1.54) is 7.11 Å². The van der Waals surface area contributed by atoms with Gasteiger partial charge < -0.3 is 9.64 Å². The van der Waals surface area contributed by atoms with Crippen LogP contribution in [0.5, 0.6) is 0 Å². The molecule has 21 heavy (non-hydrogen) atoms. The van der Waals surface area contributed by atoms with Crippen molar-refractivity contribution in [1.82, 2.24) is 14.8 Å². The predicted octanol–water partition coefficient (Wildman–Crippen LogP) is 1.16. The lowest BCUT2D eigenvalue weighted by Gasteiger charge is -2.34. The van der Waals surface area contributed by atoms with Crippen LogP contribution >= 0.6 is 15.9 Å². The average molecular weight is 356 g/mol. The van der Waals surface area contributed by atoms with Crippen molar-refractivity contribution in [2.24, 2.45) is 0 Å². The highest BCUT2D eigenvalue weighted by atomic mass is 79.9. The molecule has 1 fully saturated rings. The fraction of sp³-hybridized carbons (Fsp3) is 0.500. The molecule has 1 aromatic heterocycles. The molecule has 0 saturated carbocycles. The number of esters is 1. The van der Waals surface area contributed by atoms with Crippen LogP contribution < -0.4 is 0 Å². The van der Waals surface area contributed by atoms with Gasteiger partial charge in [-0.2, -0.15) is 0 Å². The second kappa shape index (κ2) is 7.51. The Bertz CT molecular complexity index is 516. The smallest absolute Gasteiger partial charge is 0.306 e. The first-order valence-corrected chi connectivity index (χ1v) is 7.60. The van der Waals surface area contributed by atoms with Crippen LogP contribution in [-0.2, 0) is 9.53 Å². The van der Waals surface area contributed by atoms with E-state index in [1.54, 1.807) is 18.3 Å². The second-order valence-corrected chi connectivity index (χ2v) is 5.55. The lowest BCUT2D eigenvalue weighted by Crippen LogP contribution is -2.49. The molecule has 1 saturated heterocycles. The number of piperazine rings is 1. The molecule has 0 spiro atoms. The molecule has 0 aromatic carbocycles. The third-order valence-corrected chi connectivity index (χ3v) is 4.14. The highest BCUT2D eigenvalue weighted by molar-refractivity contribution is 9.10. The summed E-state index contributed by atoms with van der Waals surface area (Å²) in [4.78, 5) is 31.6. The summed E-state index contributed by atoms with van der Waals surface area (Å²) in [6, 6.07) is 3.52. The van der Waals surface area contributed by atoms with Crippen molar-refractivity contribution < 1.29 is 14.3 Å². The van der Waals surface area contributed by atoms with E-state index < -0.39 is 0 Å². The number of halogens is 1. The molecule has 0 aliphatic carbocycles. The summed E-state index contributed by atoms with van der Waals surface area (Å²) in [7, 11) is 1.39. The standard InChI is InChI=1S/C14H18BrN3O3/c1-21-12(19)4-6-17-7-9-18(10-8-17)14(20)11-3-2-5-16-13(11)15/h2-3,5H,4,6-10H2,1H3. The van der Waals surface area contributed by atoms with Crippen LogP contribution in [0, 0.1) is 0 Å². The van der Waals surface area contributed by atoms with Crippen molar-refractivity contribution in [3.63, 3.8) is 0 Å². The minimum atomic E-state index is -0.201. The zero-order chi connectivity index (χ0) is 15.2. The minimum Gasteiger partial charge on any atom is -0.469 e. The van der Waals surface area contributed by atoms with Gasteiger partial charge in [-0.25, -0.2) is 4.98 Å². The molecule has 1 aliphatic heterocycles. The zero-order valence-corrected chi connectivity index (χ0v) is 13.5. The summed E-state index contributed by atoms with van der Waals surface area (Å²) in [6.45, 7) is 3.51. The maximum atomic E-state index is 12.4. The number of pyridine rings is 1. The van der Waals surface area contributed by atoms with Crippen molar-refractivity contribution in [3.05, 3.63) is 28.5 Å². The Kier molecular flexibility index (Phi) is 5.69. The number of hydrogen-bond donors (Lipinski definition) is 0. The van der Waals surface area contributed by atoms with E-state index in [2.05, 4.69) is 30.6 Å². The number of carbonyl (C=O) groups excluding carboxylic acids is 2. The zero-order valence-electron chi connectivity index (χ0n) is 11.9. The molecule has 1 amide bonds. The maximum Gasteiger partial charge on any atom is 0.306 e. The molecule has 6 nitrogen and oxygen atoms in total. The molecule has 114 valence electrons. The number of methoxy groups -OCH3 is 1. The van der Waals surface area contributed by atoms with Gasteiger partial charge in [-0.05, 0) is 28.1 Å². The van der Waals surface area contributed by atoms with Crippen molar-refractivity contribution in [2.75, 3.05) is 39.8 Å². The molecule has 2 heterocycles. The number of rotatable bonds is 4. The molecular formula is C14H18BrN3O3. The normalized spacial score (nSPS) is 15.8. The van der Waals surface area contributed by atoms with Gasteiger partial charge in [0.25, 0.3) is 5.91 Å². The van der Waals surface area contributed by atoms with Gasteiger partial charge in [0.05, 0.1) is 19.1 Å². The largest absolute Gasteiger partial charge is 0.469 e. The van der Waals surface area contributed by atoms with Gasteiger partial charge in [0.15, 0.2) is 0 Å². The van der Waals surface area contributed by atoms with E-state index >= 15 is 0 Å². The summed E-state index contributed by atoms with van der Waals surface area (Å²) in [6.07, 6.45) is 2.03. The first-order valence-electron chi connectivity index (χ1n) is 6.81. The number of nitrogens with zero attached hydrogens (tertiary/aromatic N) is 3. The van der Waals surface area contributed by atoms with Crippen LogP contribution in [0.4, 0.5) is 0 Å². The molecule has 1 aromatic rings. The van der Waals surface area contributed by atoms with Crippen LogP contribution in [0.3, 0.4) is 0 Å². The van der Waals surface area contributed by atoms with Crippen molar-refractivity contribution >= 4 is 27.8 Å². The predicted molar refractivity (Wildman–Crippen MR) is 80.9 cm³/mol. The summed E-state index contributed by atoms with van der Waals surface area (Å²) in [5, 5.41) is 0. The SMILES string of the molecule is COC(=O)CCN1CCN(C(=O)c2cccnc2Br)CC1. The van der Waals surface area contributed by atoms with E-state index in [4.69, 9.17) is 0 Å². The van der Waals surface area contributed by atoms with Crippen LogP contribution in [0.2, 0.25) is 0 Å². The van der Waals surface area contributed by atoms with Gasteiger partial charge in [-0.1, -0.05) is 0 Å². The van der Waals surface area contributed by atoms with Crippen molar-refractivity contribution in [2.45, 2.75) is 6.42 Å². The summed E-state index contributed by atoms with van der Waals surface area (Å²) in [5.41, 5.74) is 0.584. The Labute approximate surface area is 132 Å².